The van der Waals surface area contributed by atoms with E-state index in [1.54, 1.807) is 12.1 Å². The number of thiazole rings is 1. The van der Waals surface area contributed by atoms with E-state index in [2.05, 4.69) is 15.2 Å². The van der Waals surface area contributed by atoms with E-state index in [4.69, 9.17) is 0 Å². The van der Waals surface area contributed by atoms with Crippen LogP contribution in [-0.4, -0.2) is 47.9 Å². The minimum absolute atomic E-state index is 0.0764. The highest BCUT2D eigenvalue weighted by Gasteiger charge is 2.21. The van der Waals surface area contributed by atoms with Crippen molar-refractivity contribution in [2.24, 2.45) is 0 Å². The Morgan fingerprint density at radius 2 is 1.79 bits per heavy atom. The Morgan fingerprint density at radius 1 is 1.11 bits per heavy atom. The topological polar surface area (TPSA) is 65.5 Å². The van der Waals surface area contributed by atoms with E-state index in [0.717, 1.165) is 29.3 Å². The first kappa shape index (κ1) is 20.3. The van der Waals surface area contributed by atoms with Crippen LogP contribution < -0.4 is 10.2 Å². The van der Waals surface area contributed by atoms with Crippen molar-refractivity contribution in [2.45, 2.75) is 33.1 Å². The summed E-state index contributed by atoms with van der Waals surface area (Å²) < 4.78 is 13.0. The number of amides is 2. The summed E-state index contributed by atoms with van der Waals surface area (Å²) in [4.78, 5) is 33.8. The number of aromatic nitrogens is 1. The second-order valence-corrected chi connectivity index (χ2v) is 8.11. The van der Waals surface area contributed by atoms with Crippen molar-refractivity contribution in [3.05, 3.63) is 40.7 Å². The van der Waals surface area contributed by atoms with Gasteiger partial charge in [-0.2, -0.15) is 0 Å². The van der Waals surface area contributed by atoms with Crippen LogP contribution in [0.2, 0.25) is 0 Å². The molecule has 150 valence electrons. The highest BCUT2D eigenvalue weighted by molar-refractivity contribution is 7.15. The third-order valence-corrected chi connectivity index (χ3v) is 5.88. The first-order valence-corrected chi connectivity index (χ1v) is 10.3. The molecular weight excluding hydrogens is 379 g/mol. The number of carbonyl (C=O) groups is 2. The lowest BCUT2D eigenvalue weighted by Gasteiger charge is -2.36. The standard InChI is InChI=1S/C20H25FN4O2S/c1-14-15(2)28-20(22-14)23-18(26)4-3-5-19(27)25-12-10-24(11-13-25)17-8-6-16(21)7-9-17/h6-9H,3-5,10-13H2,1-2H3,(H,22,23,26). The van der Waals surface area contributed by atoms with Crippen molar-refractivity contribution >= 4 is 34.0 Å². The van der Waals surface area contributed by atoms with Crippen LogP contribution in [0.5, 0.6) is 0 Å². The summed E-state index contributed by atoms with van der Waals surface area (Å²) in [5.41, 5.74) is 1.90. The van der Waals surface area contributed by atoms with Gasteiger partial charge in [-0.3, -0.25) is 9.59 Å². The van der Waals surface area contributed by atoms with Crippen molar-refractivity contribution in [1.29, 1.82) is 0 Å². The van der Waals surface area contributed by atoms with Gasteiger partial charge in [0.15, 0.2) is 5.13 Å². The van der Waals surface area contributed by atoms with Crippen molar-refractivity contribution in [2.75, 3.05) is 36.4 Å². The largest absolute Gasteiger partial charge is 0.368 e. The van der Waals surface area contributed by atoms with Crippen LogP contribution in [0.4, 0.5) is 15.2 Å². The molecule has 0 unspecified atom stereocenters. The van der Waals surface area contributed by atoms with Gasteiger partial charge in [0.25, 0.3) is 0 Å². The van der Waals surface area contributed by atoms with Crippen LogP contribution in [0.1, 0.15) is 29.8 Å². The number of benzene rings is 1. The maximum absolute atomic E-state index is 13.0. The Bertz CT molecular complexity index is 810. The minimum atomic E-state index is -0.248. The molecule has 1 aromatic carbocycles. The summed E-state index contributed by atoms with van der Waals surface area (Å²) in [5, 5.41) is 3.41. The molecule has 1 fully saturated rings. The molecule has 0 saturated carbocycles. The zero-order valence-electron chi connectivity index (χ0n) is 16.2. The van der Waals surface area contributed by atoms with Crippen LogP contribution in [0, 0.1) is 19.7 Å². The first-order chi connectivity index (χ1) is 13.4. The van der Waals surface area contributed by atoms with Crippen LogP contribution in [0.15, 0.2) is 24.3 Å². The van der Waals surface area contributed by atoms with E-state index >= 15 is 0 Å². The molecule has 6 nitrogen and oxygen atoms in total. The highest BCUT2D eigenvalue weighted by Crippen LogP contribution is 2.21. The Kier molecular flexibility index (Phi) is 6.61. The van der Waals surface area contributed by atoms with Gasteiger partial charge in [0.05, 0.1) is 5.69 Å². The SMILES string of the molecule is Cc1nc(NC(=O)CCCC(=O)N2CCN(c3ccc(F)cc3)CC2)sc1C. The van der Waals surface area contributed by atoms with Crippen LogP contribution in [-0.2, 0) is 9.59 Å². The number of carbonyl (C=O) groups excluding carboxylic acids is 2. The Morgan fingerprint density at radius 3 is 2.39 bits per heavy atom. The number of nitrogens with one attached hydrogen (secondary N) is 1. The van der Waals surface area contributed by atoms with E-state index in [-0.39, 0.29) is 17.6 Å². The number of hydrogen-bond donors (Lipinski definition) is 1. The molecule has 1 aromatic heterocycles. The van der Waals surface area contributed by atoms with E-state index in [1.807, 2.05) is 18.7 Å². The number of aryl methyl sites for hydroxylation is 2. The smallest absolute Gasteiger partial charge is 0.226 e. The monoisotopic (exact) mass is 404 g/mol. The number of halogens is 1. The summed E-state index contributed by atoms with van der Waals surface area (Å²) in [6.45, 7) is 6.61. The summed E-state index contributed by atoms with van der Waals surface area (Å²) in [7, 11) is 0. The van der Waals surface area contributed by atoms with Gasteiger partial charge in [-0.25, -0.2) is 9.37 Å². The molecule has 2 heterocycles. The van der Waals surface area contributed by atoms with E-state index in [9.17, 15) is 14.0 Å². The van der Waals surface area contributed by atoms with Gasteiger partial charge in [0.2, 0.25) is 11.8 Å². The Hall–Kier alpha value is -2.48. The lowest BCUT2D eigenvalue weighted by Crippen LogP contribution is -2.48. The molecule has 3 rings (SSSR count). The molecule has 0 aliphatic carbocycles. The molecule has 0 spiro atoms. The fourth-order valence-electron chi connectivity index (χ4n) is 3.13. The summed E-state index contributed by atoms with van der Waals surface area (Å²) >= 11 is 1.46. The molecule has 1 N–H and O–H groups in total. The zero-order chi connectivity index (χ0) is 20.1. The lowest BCUT2D eigenvalue weighted by atomic mass is 10.2. The number of rotatable bonds is 6. The van der Waals surface area contributed by atoms with Crippen LogP contribution in [0.3, 0.4) is 0 Å². The minimum Gasteiger partial charge on any atom is -0.368 e. The maximum Gasteiger partial charge on any atom is 0.226 e. The predicted octanol–water partition coefficient (Wildman–Crippen LogP) is 3.36. The lowest BCUT2D eigenvalue weighted by molar-refractivity contribution is -0.131. The molecule has 1 aliphatic rings. The third kappa shape index (κ3) is 5.28. The molecule has 28 heavy (non-hydrogen) atoms. The van der Waals surface area contributed by atoms with Crippen molar-refractivity contribution in [3.63, 3.8) is 0 Å². The quantitative estimate of drug-likeness (QED) is 0.802. The van der Waals surface area contributed by atoms with Crippen molar-refractivity contribution in [1.82, 2.24) is 9.88 Å². The van der Waals surface area contributed by atoms with E-state index in [1.165, 1.54) is 23.5 Å². The van der Waals surface area contributed by atoms with Gasteiger partial charge in [-0.15, -0.1) is 11.3 Å². The highest BCUT2D eigenvalue weighted by atomic mass is 32.1. The summed E-state index contributed by atoms with van der Waals surface area (Å²) in [5.74, 6) is -0.281. The average Bonchev–Trinajstić information content (AvgIpc) is 2.99. The molecular formula is C20H25FN4O2S. The third-order valence-electron chi connectivity index (χ3n) is 4.89. The summed E-state index contributed by atoms with van der Waals surface area (Å²) in [6, 6.07) is 6.42. The molecule has 2 aromatic rings. The fraction of sp³-hybridized carbons (Fsp3) is 0.450. The summed E-state index contributed by atoms with van der Waals surface area (Å²) in [6.07, 6.45) is 1.19. The molecule has 0 atom stereocenters. The number of hydrogen-bond acceptors (Lipinski definition) is 5. The van der Waals surface area contributed by atoms with E-state index in [0.29, 0.717) is 37.5 Å². The van der Waals surface area contributed by atoms with Gasteiger partial charge in [-0.1, -0.05) is 0 Å². The van der Waals surface area contributed by atoms with Crippen molar-refractivity contribution < 1.29 is 14.0 Å². The number of nitrogens with zero attached hydrogens (tertiary/aromatic N) is 3. The van der Waals surface area contributed by atoms with Gasteiger partial charge in [0, 0.05) is 49.6 Å². The van der Waals surface area contributed by atoms with E-state index < -0.39 is 0 Å². The molecule has 2 amide bonds. The molecule has 0 bridgehead atoms. The fourth-order valence-corrected chi connectivity index (χ4v) is 3.96. The van der Waals surface area contributed by atoms with Gasteiger partial charge in [-0.05, 0) is 44.5 Å². The maximum atomic E-state index is 13.0. The normalized spacial score (nSPS) is 14.2. The molecule has 1 saturated heterocycles. The zero-order valence-corrected chi connectivity index (χ0v) is 17.0. The number of piperazine rings is 1. The molecule has 1 aliphatic heterocycles. The average molecular weight is 405 g/mol. The Balaban J connectivity index is 1.37. The van der Waals surface area contributed by atoms with Gasteiger partial charge >= 0.3 is 0 Å². The number of anilines is 2. The second kappa shape index (κ2) is 9.14. The molecule has 0 radical (unpaired) electrons. The van der Waals surface area contributed by atoms with Crippen molar-refractivity contribution in [3.8, 4) is 0 Å². The van der Waals surface area contributed by atoms with Crippen LogP contribution >= 0.6 is 11.3 Å². The van der Waals surface area contributed by atoms with Gasteiger partial charge in [0.1, 0.15) is 5.82 Å². The molecule has 8 heteroatoms. The predicted molar refractivity (Wildman–Crippen MR) is 109 cm³/mol. The van der Waals surface area contributed by atoms with Gasteiger partial charge < -0.3 is 15.1 Å². The second-order valence-electron chi connectivity index (χ2n) is 6.91. The first-order valence-electron chi connectivity index (χ1n) is 9.44. The van der Waals surface area contributed by atoms with Crippen LogP contribution in [0.25, 0.3) is 0 Å². The Labute approximate surface area is 168 Å².